The smallest absolute Gasteiger partial charge is 0.332 e. The molecule has 26 heavy (non-hydrogen) atoms. The second kappa shape index (κ2) is 13.1. The summed E-state index contributed by atoms with van der Waals surface area (Å²) in [4.78, 5) is 23.0. The van der Waals surface area contributed by atoms with Crippen LogP contribution in [0.5, 0.6) is 0 Å². The minimum atomic E-state index is -1.26. The van der Waals surface area contributed by atoms with E-state index in [2.05, 4.69) is 26.0 Å². The molecule has 1 fully saturated rings. The highest BCUT2D eigenvalue weighted by molar-refractivity contribution is 5.83. The van der Waals surface area contributed by atoms with Crippen molar-refractivity contribution in [3.8, 4) is 0 Å². The van der Waals surface area contributed by atoms with Gasteiger partial charge < -0.3 is 10.2 Å². The van der Waals surface area contributed by atoms with Gasteiger partial charge in [0.25, 0.3) is 0 Å². The topological polar surface area (TPSA) is 74.6 Å². The van der Waals surface area contributed by atoms with Crippen LogP contribution in [0.15, 0.2) is 12.2 Å². The highest BCUT2D eigenvalue weighted by atomic mass is 16.4. The lowest BCUT2D eigenvalue weighted by Crippen LogP contribution is -2.20. The number of carboxylic acids is 1. The molecular formula is C22H38O4. The minimum absolute atomic E-state index is 0.135. The molecule has 2 N–H and O–H groups in total. The van der Waals surface area contributed by atoms with Crippen molar-refractivity contribution < 1.29 is 19.8 Å². The van der Waals surface area contributed by atoms with E-state index in [1.54, 1.807) is 0 Å². The van der Waals surface area contributed by atoms with Gasteiger partial charge in [-0.3, -0.25) is 4.79 Å². The maximum atomic E-state index is 12.3. The molecule has 1 rings (SSSR count). The number of aliphatic hydroxyl groups is 1. The second-order valence-electron chi connectivity index (χ2n) is 7.85. The van der Waals surface area contributed by atoms with Gasteiger partial charge in [0.2, 0.25) is 0 Å². The summed E-state index contributed by atoms with van der Waals surface area (Å²) in [7, 11) is 0. The van der Waals surface area contributed by atoms with Gasteiger partial charge in [-0.15, -0.1) is 0 Å². The Morgan fingerprint density at radius 1 is 1.19 bits per heavy atom. The third kappa shape index (κ3) is 8.48. The molecule has 150 valence electrons. The molecule has 1 saturated carbocycles. The van der Waals surface area contributed by atoms with Crippen molar-refractivity contribution in [1.29, 1.82) is 0 Å². The Kier molecular flexibility index (Phi) is 11.5. The van der Waals surface area contributed by atoms with E-state index in [-0.39, 0.29) is 5.92 Å². The van der Waals surface area contributed by atoms with Crippen LogP contribution in [0.2, 0.25) is 0 Å². The van der Waals surface area contributed by atoms with E-state index in [0.717, 1.165) is 32.1 Å². The van der Waals surface area contributed by atoms with Crippen LogP contribution in [0.1, 0.15) is 90.9 Å². The Hall–Kier alpha value is -1.16. The van der Waals surface area contributed by atoms with Crippen molar-refractivity contribution in [2.24, 2.45) is 17.8 Å². The van der Waals surface area contributed by atoms with Crippen LogP contribution >= 0.6 is 0 Å². The molecule has 0 bridgehead atoms. The van der Waals surface area contributed by atoms with Gasteiger partial charge >= 0.3 is 5.97 Å². The van der Waals surface area contributed by atoms with Crippen LogP contribution in [-0.4, -0.2) is 28.1 Å². The largest absolute Gasteiger partial charge is 0.479 e. The van der Waals surface area contributed by atoms with E-state index >= 15 is 0 Å². The van der Waals surface area contributed by atoms with Gasteiger partial charge in [0, 0.05) is 12.3 Å². The van der Waals surface area contributed by atoms with Crippen molar-refractivity contribution in [1.82, 2.24) is 0 Å². The molecule has 0 spiro atoms. The average Bonchev–Trinajstić information content (AvgIpc) is 2.96. The van der Waals surface area contributed by atoms with E-state index in [0.29, 0.717) is 36.9 Å². The van der Waals surface area contributed by atoms with E-state index in [9.17, 15) is 14.7 Å². The first kappa shape index (κ1) is 22.9. The SMILES string of the molecule is CCCCCCC=C[C@H]1CCC(=O)[C@@H]1CC(CC)CCCC(O)C(=O)O. The van der Waals surface area contributed by atoms with Gasteiger partial charge in [0.1, 0.15) is 5.78 Å². The Labute approximate surface area is 159 Å². The predicted octanol–water partition coefficient (Wildman–Crippen LogP) is 5.14. The van der Waals surface area contributed by atoms with E-state index < -0.39 is 12.1 Å². The number of aliphatic hydroxyl groups excluding tert-OH is 1. The van der Waals surface area contributed by atoms with Crippen molar-refractivity contribution in [2.45, 2.75) is 97.0 Å². The predicted molar refractivity (Wildman–Crippen MR) is 105 cm³/mol. The van der Waals surface area contributed by atoms with Gasteiger partial charge in [0.05, 0.1) is 0 Å². The number of Topliss-reactive ketones (excluding diaryl/α,β-unsaturated/α-hetero) is 1. The number of carbonyl (C=O) groups excluding carboxylic acids is 1. The standard InChI is InChI=1S/C22H38O4/c1-3-5-6-7-8-9-12-18-14-15-20(23)19(18)16-17(4-2)11-10-13-21(24)22(25)26/h9,12,17-19,21,24H,3-8,10-11,13-16H2,1-2H3,(H,25,26)/t17?,18-,19+,21?/m0/s1. The molecular weight excluding hydrogens is 328 g/mol. The van der Waals surface area contributed by atoms with E-state index in [4.69, 9.17) is 5.11 Å². The van der Waals surface area contributed by atoms with Gasteiger partial charge in [-0.25, -0.2) is 4.79 Å². The van der Waals surface area contributed by atoms with Crippen molar-refractivity contribution in [2.75, 3.05) is 0 Å². The maximum Gasteiger partial charge on any atom is 0.332 e. The molecule has 2 unspecified atom stereocenters. The molecule has 0 radical (unpaired) electrons. The summed E-state index contributed by atoms with van der Waals surface area (Å²) in [5.74, 6) is 0.204. The molecule has 4 nitrogen and oxygen atoms in total. The first-order valence-corrected chi connectivity index (χ1v) is 10.6. The lowest BCUT2D eigenvalue weighted by atomic mass is 9.82. The lowest BCUT2D eigenvalue weighted by molar-refractivity contribution is -0.147. The summed E-state index contributed by atoms with van der Waals surface area (Å²) in [6.45, 7) is 4.35. The quantitative estimate of drug-likeness (QED) is 0.330. The Morgan fingerprint density at radius 2 is 1.96 bits per heavy atom. The third-order valence-corrected chi connectivity index (χ3v) is 5.80. The van der Waals surface area contributed by atoms with Crippen LogP contribution in [0.4, 0.5) is 0 Å². The number of allylic oxidation sites excluding steroid dienone is 2. The van der Waals surface area contributed by atoms with Crippen molar-refractivity contribution >= 4 is 11.8 Å². The molecule has 0 saturated heterocycles. The fourth-order valence-corrected chi connectivity index (χ4v) is 4.00. The summed E-state index contributed by atoms with van der Waals surface area (Å²) in [5, 5.41) is 18.1. The van der Waals surface area contributed by atoms with Crippen molar-refractivity contribution in [3.05, 3.63) is 12.2 Å². The van der Waals surface area contributed by atoms with Crippen molar-refractivity contribution in [3.63, 3.8) is 0 Å². The van der Waals surface area contributed by atoms with E-state index in [1.807, 2.05) is 0 Å². The lowest BCUT2D eigenvalue weighted by Gasteiger charge is -2.22. The van der Waals surface area contributed by atoms with Gasteiger partial charge in [-0.2, -0.15) is 0 Å². The number of rotatable bonds is 14. The molecule has 0 aromatic carbocycles. The zero-order valence-corrected chi connectivity index (χ0v) is 16.7. The molecule has 1 aliphatic carbocycles. The maximum absolute atomic E-state index is 12.3. The summed E-state index contributed by atoms with van der Waals surface area (Å²) < 4.78 is 0. The Morgan fingerprint density at radius 3 is 2.62 bits per heavy atom. The number of aliphatic carboxylic acids is 1. The molecule has 4 heteroatoms. The Balaban J connectivity index is 2.42. The fraction of sp³-hybridized carbons (Fsp3) is 0.818. The first-order chi connectivity index (χ1) is 12.5. The van der Waals surface area contributed by atoms with Crippen LogP contribution in [-0.2, 0) is 9.59 Å². The monoisotopic (exact) mass is 366 g/mol. The number of hydrogen-bond acceptors (Lipinski definition) is 3. The summed E-state index contributed by atoms with van der Waals surface area (Å²) in [6, 6.07) is 0. The average molecular weight is 367 g/mol. The fourth-order valence-electron chi connectivity index (χ4n) is 4.00. The van der Waals surface area contributed by atoms with Gasteiger partial charge in [-0.05, 0) is 50.4 Å². The molecule has 0 heterocycles. The zero-order valence-electron chi connectivity index (χ0n) is 16.7. The Bertz CT molecular complexity index is 443. The number of hydrogen-bond donors (Lipinski definition) is 2. The van der Waals surface area contributed by atoms with Crippen LogP contribution < -0.4 is 0 Å². The highest BCUT2D eigenvalue weighted by Gasteiger charge is 2.34. The summed E-state index contributed by atoms with van der Waals surface area (Å²) in [6.07, 6.45) is 14.9. The van der Waals surface area contributed by atoms with Crippen LogP contribution in [0.3, 0.4) is 0 Å². The number of carbonyl (C=O) groups is 2. The first-order valence-electron chi connectivity index (χ1n) is 10.6. The summed E-state index contributed by atoms with van der Waals surface area (Å²) in [5.41, 5.74) is 0. The highest BCUT2D eigenvalue weighted by Crippen LogP contribution is 2.36. The third-order valence-electron chi connectivity index (χ3n) is 5.80. The van der Waals surface area contributed by atoms with Gasteiger partial charge in [-0.1, -0.05) is 58.1 Å². The molecule has 0 amide bonds. The molecule has 0 aromatic heterocycles. The molecule has 0 aromatic rings. The number of ketones is 1. The minimum Gasteiger partial charge on any atom is -0.479 e. The second-order valence-corrected chi connectivity index (χ2v) is 7.85. The van der Waals surface area contributed by atoms with Gasteiger partial charge in [0.15, 0.2) is 6.10 Å². The van der Waals surface area contributed by atoms with Crippen LogP contribution in [0.25, 0.3) is 0 Å². The normalized spacial score (nSPS) is 22.8. The number of carboxylic acid groups (broad SMARTS) is 1. The molecule has 0 aliphatic heterocycles. The molecule has 4 atom stereocenters. The zero-order chi connectivity index (χ0) is 19.4. The van der Waals surface area contributed by atoms with E-state index in [1.165, 1.54) is 25.7 Å². The summed E-state index contributed by atoms with van der Waals surface area (Å²) >= 11 is 0. The van der Waals surface area contributed by atoms with Crippen LogP contribution in [0, 0.1) is 17.8 Å². The molecule has 1 aliphatic rings. The number of unbranched alkanes of at least 4 members (excludes halogenated alkanes) is 4.